The van der Waals surface area contributed by atoms with Crippen LogP contribution in [0.5, 0.6) is 11.5 Å². The van der Waals surface area contributed by atoms with Gasteiger partial charge in [-0.3, -0.25) is 4.68 Å². The van der Waals surface area contributed by atoms with Crippen LogP contribution in [0.4, 0.5) is 0 Å². The lowest BCUT2D eigenvalue weighted by molar-refractivity contribution is 0.174. The van der Waals surface area contributed by atoms with E-state index in [0.29, 0.717) is 23.7 Å². The minimum atomic E-state index is -3.65. The first-order valence-corrected chi connectivity index (χ1v) is 8.85. The van der Waals surface area contributed by atoms with Crippen molar-refractivity contribution in [3.05, 3.63) is 35.7 Å². The van der Waals surface area contributed by atoms with Crippen LogP contribution < -0.4 is 14.2 Å². The van der Waals surface area contributed by atoms with E-state index in [0.717, 1.165) is 5.56 Å². The average Bonchev–Trinajstić information content (AvgIpc) is 3.12. The lowest BCUT2D eigenvalue weighted by atomic mass is 10.1. The number of fused-ring (bicyclic) bond motifs is 1. The molecule has 0 aliphatic carbocycles. The zero-order valence-corrected chi connectivity index (χ0v) is 14.1. The smallest absolute Gasteiger partial charge is 0.244 e. The van der Waals surface area contributed by atoms with Crippen LogP contribution in [0.15, 0.2) is 29.3 Å². The highest BCUT2D eigenvalue weighted by molar-refractivity contribution is 7.89. The quantitative estimate of drug-likeness (QED) is 0.902. The molecule has 0 radical (unpaired) electrons. The second kappa shape index (κ2) is 5.86. The molecule has 1 aliphatic heterocycles. The Kier molecular flexibility index (Phi) is 4.03. The zero-order chi connectivity index (χ0) is 16.6. The van der Waals surface area contributed by atoms with Crippen molar-refractivity contribution in [1.29, 1.82) is 0 Å². The van der Waals surface area contributed by atoms with Crippen LogP contribution in [-0.4, -0.2) is 25.0 Å². The summed E-state index contributed by atoms with van der Waals surface area (Å²) in [6, 6.07) is 4.99. The fourth-order valence-electron chi connectivity index (χ4n) is 2.47. The second-order valence-corrected chi connectivity index (χ2v) is 7.07. The van der Waals surface area contributed by atoms with E-state index in [-0.39, 0.29) is 11.7 Å². The van der Waals surface area contributed by atoms with Gasteiger partial charge >= 0.3 is 0 Å². The number of aryl methyl sites for hydroxylation is 2. The summed E-state index contributed by atoms with van der Waals surface area (Å²) in [5.74, 6) is 1.30. The van der Waals surface area contributed by atoms with Gasteiger partial charge in [0.25, 0.3) is 0 Å². The molecule has 0 amide bonds. The van der Waals surface area contributed by atoms with Crippen molar-refractivity contribution in [1.82, 2.24) is 14.5 Å². The van der Waals surface area contributed by atoms with E-state index >= 15 is 0 Å². The Morgan fingerprint density at radius 2 is 2.09 bits per heavy atom. The Morgan fingerprint density at radius 3 is 2.78 bits per heavy atom. The highest BCUT2D eigenvalue weighted by Crippen LogP contribution is 2.34. The summed E-state index contributed by atoms with van der Waals surface area (Å²) in [5.41, 5.74) is 1.29. The van der Waals surface area contributed by atoms with Crippen molar-refractivity contribution in [3.63, 3.8) is 0 Å². The van der Waals surface area contributed by atoms with Crippen molar-refractivity contribution in [2.75, 3.05) is 6.79 Å². The van der Waals surface area contributed by atoms with Crippen molar-refractivity contribution in [2.45, 2.75) is 38.3 Å². The summed E-state index contributed by atoms with van der Waals surface area (Å²) in [6.07, 6.45) is 1.55. The van der Waals surface area contributed by atoms with E-state index in [9.17, 15) is 8.42 Å². The van der Waals surface area contributed by atoms with Gasteiger partial charge in [-0.2, -0.15) is 5.10 Å². The number of aromatic nitrogens is 2. The standard InChI is InChI=1S/C15H19N3O4S/c1-4-18-8-15(11(3)16-18)23(19,20)17-10(2)12-5-6-13-14(7-12)22-9-21-13/h5-8,10,17H,4,9H2,1-3H3. The van der Waals surface area contributed by atoms with Gasteiger partial charge in [0.2, 0.25) is 16.8 Å². The van der Waals surface area contributed by atoms with E-state index in [1.807, 2.05) is 13.0 Å². The Bertz CT molecular complexity index is 829. The molecule has 8 heteroatoms. The molecule has 1 N–H and O–H groups in total. The summed E-state index contributed by atoms with van der Waals surface area (Å²) < 4.78 is 40.0. The topological polar surface area (TPSA) is 82.5 Å². The van der Waals surface area contributed by atoms with Crippen LogP contribution in [0, 0.1) is 6.92 Å². The maximum absolute atomic E-state index is 12.6. The molecule has 2 heterocycles. The number of nitrogens with zero attached hydrogens (tertiary/aromatic N) is 2. The van der Waals surface area contributed by atoms with Crippen LogP contribution in [0.3, 0.4) is 0 Å². The van der Waals surface area contributed by atoms with Crippen molar-refractivity contribution in [3.8, 4) is 11.5 Å². The van der Waals surface area contributed by atoms with Gasteiger partial charge in [-0.1, -0.05) is 6.07 Å². The molecule has 1 aliphatic rings. The Labute approximate surface area is 135 Å². The third-order valence-electron chi connectivity index (χ3n) is 3.74. The largest absolute Gasteiger partial charge is 0.454 e. The predicted molar refractivity (Wildman–Crippen MR) is 83.9 cm³/mol. The van der Waals surface area contributed by atoms with Crippen molar-refractivity contribution >= 4 is 10.0 Å². The maximum atomic E-state index is 12.6. The molecule has 1 atom stereocenters. The Balaban J connectivity index is 1.83. The van der Waals surface area contributed by atoms with Crippen molar-refractivity contribution in [2.24, 2.45) is 0 Å². The molecule has 1 aromatic heterocycles. The van der Waals surface area contributed by atoms with Gasteiger partial charge in [0.05, 0.1) is 5.69 Å². The van der Waals surface area contributed by atoms with Gasteiger partial charge in [0, 0.05) is 18.8 Å². The van der Waals surface area contributed by atoms with Crippen LogP contribution in [-0.2, 0) is 16.6 Å². The van der Waals surface area contributed by atoms with Crippen LogP contribution in [0.2, 0.25) is 0 Å². The minimum absolute atomic E-state index is 0.189. The summed E-state index contributed by atoms with van der Waals surface area (Å²) in [4.78, 5) is 0.201. The van der Waals surface area contributed by atoms with E-state index < -0.39 is 16.1 Å². The molecule has 124 valence electrons. The van der Waals surface area contributed by atoms with Gasteiger partial charge < -0.3 is 9.47 Å². The lowest BCUT2D eigenvalue weighted by Crippen LogP contribution is -2.27. The number of sulfonamides is 1. The van der Waals surface area contributed by atoms with Crippen LogP contribution in [0.1, 0.15) is 31.1 Å². The summed E-state index contributed by atoms with van der Waals surface area (Å²) in [7, 11) is -3.65. The Hall–Kier alpha value is -2.06. The number of hydrogen-bond donors (Lipinski definition) is 1. The molecule has 0 bridgehead atoms. The molecule has 0 spiro atoms. The number of rotatable bonds is 5. The monoisotopic (exact) mass is 337 g/mol. The van der Waals surface area contributed by atoms with Crippen molar-refractivity contribution < 1.29 is 17.9 Å². The highest BCUT2D eigenvalue weighted by Gasteiger charge is 2.24. The SMILES string of the molecule is CCn1cc(S(=O)(=O)NC(C)c2ccc3c(c2)OCO3)c(C)n1. The molecule has 23 heavy (non-hydrogen) atoms. The summed E-state index contributed by atoms with van der Waals surface area (Å²) in [6.45, 7) is 6.19. The van der Waals surface area contributed by atoms with Gasteiger partial charge in [0.1, 0.15) is 4.90 Å². The molecule has 2 aromatic rings. The Morgan fingerprint density at radius 1 is 1.35 bits per heavy atom. The molecular weight excluding hydrogens is 318 g/mol. The van der Waals surface area contributed by atoms with Gasteiger partial charge in [0.15, 0.2) is 11.5 Å². The summed E-state index contributed by atoms with van der Waals surface area (Å²) >= 11 is 0. The first kappa shape index (κ1) is 15.8. The molecule has 1 aromatic carbocycles. The molecule has 1 unspecified atom stereocenters. The highest BCUT2D eigenvalue weighted by atomic mass is 32.2. The van der Waals surface area contributed by atoms with Crippen LogP contribution in [0.25, 0.3) is 0 Å². The van der Waals surface area contributed by atoms with E-state index in [1.165, 1.54) is 0 Å². The van der Waals surface area contributed by atoms with Gasteiger partial charge in [-0.25, -0.2) is 13.1 Å². The average molecular weight is 337 g/mol. The first-order chi connectivity index (χ1) is 10.9. The van der Waals surface area contributed by atoms with E-state index in [1.54, 1.807) is 36.9 Å². The number of nitrogens with one attached hydrogen (secondary N) is 1. The minimum Gasteiger partial charge on any atom is -0.454 e. The molecule has 0 saturated carbocycles. The molecular formula is C15H19N3O4S. The number of hydrogen-bond acceptors (Lipinski definition) is 5. The normalized spacial score (nSPS) is 14.9. The zero-order valence-electron chi connectivity index (χ0n) is 13.2. The van der Waals surface area contributed by atoms with E-state index in [4.69, 9.17) is 9.47 Å². The van der Waals surface area contributed by atoms with E-state index in [2.05, 4.69) is 9.82 Å². The number of ether oxygens (including phenoxy) is 2. The third kappa shape index (κ3) is 3.04. The second-order valence-electron chi connectivity index (χ2n) is 5.39. The molecule has 7 nitrogen and oxygen atoms in total. The van der Waals surface area contributed by atoms with Gasteiger partial charge in [-0.05, 0) is 38.5 Å². The number of benzene rings is 1. The molecule has 3 rings (SSSR count). The fourth-order valence-corrected chi connectivity index (χ4v) is 3.89. The fraction of sp³-hybridized carbons (Fsp3) is 0.400. The maximum Gasteiger partial charge on any atom is 0.244 e. The lowest BCUT2D eigenvalue weighted by Gasteiger charge is -2.14. The van der Waals surface area contributed by atoms with Crippen LogP contribution >= 0.6 is 0 Å². The predicted octanol–water partition coefficient (Wildman–Crippen LogP) is 1.98. The molecule has 0 saturated heterocycles. The molecule has 0 fully saturated rings. The third-order valence-corrected chi connectivity index (χ3v) is 5.39. The summed E-state index contributed by atoms with van der Waals surface area (Å²) in [5, 5.41) is 4.18. The first-order valence-electron chi connectivity index (χ1n) is 7.36. The van der Waals surface area contributed by atoms with Gasteiger partial charge in [-0.15, -0.1) is 0 Å².